The first-order chi connectivity index (χ1) is 12.2. The Bertz CT molecular complexity index is 828. The molecule has 0 saturated carbocycles. The SMILES string of the molecule is CCOC(=O)CS(C)(=O)=C(C(=O)C(C)(C)C)/C(=C\C(C)(C)C)n1cccn1. The monoisotopic (exact) mass is 396 g/mol. The van der Waals surface area contributed by atoms with E-state index in [0.29, 0.717) is 5.70 Å². The van der Waals surface area contributed by atoms with Gasteiger partial charge >= 0.3 is 5.97 Å². The van der Waals surface area contributed by atoms with Gasteiger partial charge in [0, 0.05) is 24.1 Å². The highest BCUT2D eigenvalue weighted by atomic mass is 32.2. The maximum Gasteiger partial charge on any atom is 0.317 e. The Morgan fingerprint density at radius 1 is 1.19 bits per heavy atom. The van der Waals surface area contributed by atoms with E-state index in [9.17, 15) is 13.8 Å². The van der Waals surface area contributed by atoms with Crippen LogP contribution in [0.25, 0.3) is 5.70 Å². The van der Waals surface area contributed by atoms with Crippen LogP contribution in [0.4, 0.5) is 0 Å². The third-order valence-electron chi connectivity index (χ3n) is 3.57. The van der Waals surface area contributed by atoms with Crippen molar-refractivity contribution < 1.29 is 18.5 Å². The minimum atomic E-state index is -3.01. The van der Waals surface area contributed by atoms with E-state index >= 15 is 0 Å². The van der Waals surface area contributed by atoms with Crippen LogP contribution < -0.4 is 0 Å². The van der Waals surface area contributed by atoms with Crippen LogP contribution in [0.15, 0.2) is 24.5 Å². The zero-order valence-electron chi connectivity index (χ0n) is 17.7. The molecule has 0 aliphatic carbocycles. The summed E-state index contributed by atoms with van der Waals surface area (Å²) < 4.78 is 20.2. The Kier molecular flexibility index (Phi) is 7.22. The molecule has 1 heterocycles. The predicted molar refractivity (Wildman–Crippen MR) is 111 cm³/mol. The van der Waals surface area contributed by atoms with Crippen molar-refractivity contribution in [2.75, 3.05) is 18.6 Å². The van der Waals surface area contributed by atoms with E-state index < -0.39 is 20.9 Å². The predicted octanol–water partition coefficient (Wildman–Crippen LogP) is 3.04. The van der Waals surface area contributed by atoms with E-state index in [1.54, 1.807) is 50.8 Å². The molecule has 27 heavy (non-hydrogen) atoms. The van der Waals surface area contributed by atoms with Crippen LogP contribution >= 0.6 is 0 Å². The fraction of sp³-hybridized carbons (Fsp3) is 0.600. The van der Waals surface area contributed by atoms with Gasteiger partial charge in [-0.2, -0.15) is 5.10 Å². The number of carbonyl (C=O) groups excluding carboxylic acids is 2. The summed E-state index contributed by atoms with van der Waals surface area (Å²) >= 11 is 0. The van der Waals surface area contributed by atoms with Gasteiger partial charge in [-0.05, 0) is 27.9 Å². The maximum absolute atomic E-state index is 13.6. The first-order valence-electron chi connectivity index (χ1n) is 8.96. The van der Waals surface area contributed by atoms with Crippen LogP contribution in [0.1, 0.15) is 48.5 Å². The lowest BCUT2D eigenvalue weighted by atomic mass is 9.86. The maximum atomic E-state index is 13.6. The molecule has 0 fully saturated rings. The molecule has 0 amide bonds. The Labute approximate surface area is 163 Å². The van der Waals surface area contributed by atoms with Crippen LogP contribution in [0.5, 0.6) is 0 Å². The van der Waals surface area contributed by atoms with Gasteiger partial charge in [0.2, 0.25) is 0 Å². The Balaban J connectivity index is 3.83. The second-order valence-corrected chi connectivity index (χ2v) is 11.4. The summed E-state index contributed by atoms with van der Waals surface area (Å²) in [5.74, 6) is -1.20. The van der Waals surface area contributed by atoms with Crippen molar-refractivity contribution in [3.05, 3.63) is 24.5 Å². The number of Topliss-reactive ketones (excluding diaryl/α,β-unsaturated/α-hetero) is 1. The van der Waals surface area contributed by atoms with Crippen molar-refractivity contribution in [2.45, 2.75) is 48.5 Å². The summed E-state index contributed by atoms with van der Waals surface area (Å²) in [6.45, 7) is 13.2. The van der Waals surface area contributed by atoms with Crippen molar-refractivity contribution in [3.8, 4) is 0 Å². The number of hydrogen-bond acceptors (Lipinski definition) is 5. The van der Waals surface area contributed by atoms with Crippen LogP contribution in [0, 0.1) is 10.8 Å². The topological polar surface area (TPSA) is 78.3 Å². The van der Waals surface area contributed by atoms with Crippen LogP contribution in [0.3, 0.4) is 0 Å². The average molecular weight is 397 g/mol. The quantitative estimate of drug-likeness (QED) is 0.420. The van der Waals surface area contributed by atoms with E-state index in [2.05, 4.69) is 5.10 Å². The Morgan fingerprint density at radius 2 is 1.78 bits per heavy atom. The zero-order valence-corrected chi connectivity index (χ0v) is 18.5. The normalized spacial score (nSPS) is 15.2. The summed E-state index contributed by atoms with van der Waals surface area (Å²) in [6, 6.07) is 1.73. The molecule has 0 aliphatic rings. The lowest BCUT2D eigenvalue weighted by Gasteiger charge is -2.25. The molecule has 1 aromatic rings. The molecule has 0 saturated heterocycles. The molecular formula is C20H32N2O4S. The molecule has 152 valence electrons. The van der Waals surface area contributed by atoms with E-state index in [1.165, 1.54) is 6.26 Å². The molecule has 1 atom stereocenters. The molecule has 1 unspecified atom stereocenters. The number of esters is 1. The molecule has 0 aliphatic heterocycles. The number of allylic oxidation sites excluding steroid dienone is 2. The van der Waals surface area contributed by atoms with Gasteiger partial charge in [0.05, 0.1) is 17.2 Å². The average Bonchev–Trinajstić information content (AvgIpc) is 2.97. The first kappa shape index (κ1) is 23.1. The van der Waals surface area contributed by atoms with Gasteiger partial charge in [0.1, 0.15) is 5.75 Å². The van der Waals surface area contributed by atoms with Crippen molar-refractivity contribution in [1.29, 1.82) is 0 Å². The second kappa shape index (κ2) is 8.42. The first-order valence-corrected chi connectivity index (χ1v) is 11.1. The van der Waals surface area contributed by atoms with Gasteiger partial charge in [-0.1, -0.05) is 47.6 Å². The number of ketones is 1. The van der Waals surface area contributed by atoms with Crippen molar-refractivity contribution in [3.63, 3.8) is 0 Å². The summed E-state index contributed by atoms with van der Waals surface area (Å²) in [6.07, 6.45) is 6.61. The minimum absolute atomic E-state index is 0.127. The zero-order chi connectivity index (χ0) is 21.0. The fourth-order valence-corrected chi connectivity index (χ4v) is 4.40. The summed E-state index contributed by atoms with van der Waals surface area (Å²) in [7, 11) is -3.01. The van der Waals surface area contributed by atoms with Crippen LogP contribution in [0.2, 0.25) is 0 Å². The molecule has 7 heteroatoms. The van der Waals surface area contributed by atoms with Gasteiger partial charge in [-0.25, -0.2) is 4.68 Å². The van der Waals surface area contributed by atoms with Gasteiger partial charge in [0.15, 0.2) is 5.78 Å². The van der Waals surface area contributed by atoms with Crippen molar-refractivity contribution in [2.24, 2.45) is 10.8 Å². The molecule has 6 nitrogen and oxygen atoms in total. The Hall–Kier alpha value is -1.89. The highest BCUT2D eigenvalue weighted by Crippen LogP contribution is 2.26. The number of rotatable bonds is 6. The molecule has 0 radical (unpaired) electrons. The van der Waals surface area contributed by atoms with Gasteiger partial charge < -0.3 is 4.74 Å². The molecule has 0 aromatic carbocycles. The minimum Gasteiger partial charge on any atom is -0.465 e. The van der Waals surface area contributed by atoms with Crippen molar-refractivity contribution >= 4 is 31.8 Å². The third kappa shape index (κ3) is 6.65. The highest BCUT2D eigenvalue weighted by molar-refractivity contribution is 8.04. The third-order valence-corrected chi connectivity index (χ3v) is 5.62. The van der Waals surface area contributed by atoms with E-state index in [4.69, 9.17) is 4.74 Å². The number of aromatic nitrogens is 2. The van der Waals surface area contributed by atoms with Gasteiger partial charge in [0.25, 0.3) is 0 Å². The summed E-state index contributed by atoms with van der Waals surface area (Å²) in [5.41, 5.74) is -0.624. The largest absolute Gasteiger partial charge is 0.465 e. The molecule has 0 N–H and O–H groups in total. The number of carbonyl (C=O) groups is 2. The number of nitrogens with zero attached hydrogens (tertiary/aromatic N) is 2. The smallest absolute Gasteiger partial charge is 0.317 e. The van der Waals surface area contributed by atoms with Crippen LogP contribution in [-0.2, 0) is 23.8 Å². The molecule has 1 aromatic heterocycles. The van der Waals surface area contributed by atoms with Crippen LogP contribution in [-0.4, -0.2) is 49.2 Å². The Morgan fingerprint density at radius 3 is 2.19 bits per heavy atom. The lowest BCUT2D eigenvalue weighted by molar-refractivity contribution is -0.139. The van der Waals surface area contributed by atoms with Gasteiger partial charge in [-0.3, -0.25) is 13.8 Å². The van der Waals surface area contributed by atoms with E-state index in [1.807, 2.05) is 26.8 Å². The molecule has 1 rings (SSSR count). The molecule has 0 spiro atoms. The fourth-order valence-electron chi connectivity index (χ4n) is 2.43. The van der Waals surface area contributed by atoms with Gasteiger partial charge in [-0.15, -0.1) is 0 Å². The molecule has 0 bridgehead atoms. The van der Waals surface area contributed by atoms with E-state index in [-0.39, 0.29) is 28.4 Å². The molecular weight excluding hydrogens is 364 g/mol. The second-order valence-electron chi connectivity index (χ2n) is 8.71. The van der Waals surface area contributed by atoms with E-state index in [0.717, 1.165) is 0 Å². The number of ether oxygens (including phenoxy) is 1. The van der Waals surface area contributed by atoms with Crippen molar-refractivity contribution in [1.82, 2.24) is 9.78 Å². The number of hydrogen-bond donors (Lipinski definition) is 0. The summed E-state index contributed by atoms with van der Waals surface area (Å²) in [5, 5.41) is 4.25. The standard InChI is InChI=1S/C20H32N2O4S/c1-9-26-16(23)14-27(8,25)17(18(24)20(5,6)7)15(13-19(2,3)4)22-12-10-11-21-22/h10-13H,9,14H2,1-8H3/b15-13+. The highest BCUT2D eigenvalue weighted by Gasteiger charge is 2.34. The lowest BCUT2D eigenvalue weighted by Crippen LogP contribution is -2.38. The summed E-state index contributed by atoms with van der Waals surface area (Å²) in [4.78, 5) is 25.5.